The molecule has 0 radical (unpaired) electrons. The van der Waals surface area contributed by atoms with Crippen molar-refractivity contribution in [2.24, 2.45) is 0 Å². The molecule has 0 saturated carbocycles. The highest BCUT2D eigenvalue weighted by molar-refractivity contribution is 7.92. The zero-order valence-corrected chi connectivity index (χ0v) is 18.7. The number of likely N-dealkylation sites (tertiary alicyclic amines) is 1. The Morgan fingerprint density at radius 3 is 2.81 bits per heavy atom. The number of hydrogen-bond donors (Lipinski definition) is 0. The molecule has 2 aliphatic rings. The van der Waals surface area contributed by atoms with Gasteiger partial charge < -0.3 is 4.74 Å². The van der Waals surface area contributed by atoms with Crippen LogP contribution in [-0.2, 0) is 16.4 Å². The predicted octanol–water partition coefficient (Wildman–Crippen LogP) is 3.29. The third-order valence-corrected chi connectivity index (χ3v) is 8.58. The minimum absolute atomic E-state index is 0.0252. The number of rotatable bonds is 5. The van der Waals surface area contributed by atoms with Crippen LogP contribution < -0.4 is 4.74 Å². The van der Waals surface area contributed by atoms with Crippen LogP contribution in [0.5, 0.6) is 5.88 Å². The average Bonchev–Trinajstić information content (AvgIpc) is 3.45. The molecule has 0 amide bonds. The number of ether oxygens (including phenoxy) is 1. The van der Waals surface area contributed by atoms with Crippen molar-refractivity contribution < 1.29 is 13.2 Å². The van der Waals surface area contributed by atoms with Gasteiger partial charge >= 0.3 is 0 Å². The van der Waals surface area contributed by atoms with E-state index >= 15 is 0 Å². The van der Waals surface area contributed by atoms with Gasteiger partial charge in [-0.1, -0.05) is 6.07 Å². The summed E-state index contributed by atoms with van der Waals surface area (Å²) in [5, 5.41) is 4.02. The molecule has 1 saturated heterocycles. The molecule has 8 heteroatoms. The second kappa shape index (κ2) is 7.46. The number of nitrogens with zero attached hydrogens (tertiary/aromatic N) is 4. The molecule has 7 nitrogen and oxygen atoms in total. The normalized spacial score (nSPS) is 21.9. The Hall–Kier alpha value is -2.71. The molecule has 0 aliphatic carbocycles. The molecule has 1 fully saturated rings. The predicted molar refractivity (Wildman–Crippen MR) is 118 cm³/mol. The van der Waals surface area contributed by atoms with Gasteiger partial charge in [-0.05, 0) is 49.2 Å². The van der Waals surface area contributed by atoms with Crippen molar-refractivity contribution in [1.82, 2.24) is 19.7 Å². The van der Waals surface area contributed by atoms with Crippen LogP contribution in [-0.4, -0.2) is 53.5 Å². The van der Waals surface area contributed by atoms with E-state index in [1.54, 1.807) is 19.4 Å². The van der Waals surface area contributed by atoms with E-state index in [2.05, 4.69) is 28.8 Å². The van der Waals surface area contributed by atoms with Crippen LogP contribution in [0.25, 0.3) is 11.1 Å². The highest BCUT2D eigenvalue weighted by Gasteiger charge is 2.50. The fourth-order valence-electron chi connectivity index (χ4n) is 4.79. The van der Waals surface area contributed by atoms with Gasteiger partial charge in [-0.25, -0.2) is 13.4 Å². The van der Waals surface area contributed by atoms with E-state index in [0.717, 1.165) is 28.8 Å². The molecule has 162 valence electrons. The van der Waals surface area contributed by atoms with Crippen molar-refractivity contribution in [3.63, 3.8) is 0 Å². The third-order valence-electron chi connectivity index (χ3n) is 6.32. The van der Waals surface area contributed by atoms with Gasteiger partial charge in [0.25, 0.3) is 0 Å². The number of methoxy groups -OCH3 is 1. The molecule has 2 aliphatic heterocycles. The molecule has 0 spiro atoms. The molecular weight excluding hydrogens is 412 g/mol. The first kappa shape index (κ1) is 20.2. The van der Waals surface area contributed by atoms with Crippen molar-refractivity contribution in [2.75, 3.05) is 20.2 Å². The Morgan fingerprint density at radius 2 is 2.06 bits per heavy atom. The van der Waals surface area contributed by atoms with Gasteiger partial charge in [0.15, 0.2) is 9.84 Å². The zero-order chi connectivity index (χ0) is 21.8. The largest absolute Gasteiger partial charge is 0.481 e. The molecule has 5 rings (SSSR count). The molecule has 0 N–H and O–H groups in total. The minimum Gasteiger partial charge on any atom is -0.481 e. The van der Waals surface area contributed by atoms with Gasteiger partial charge in [-0.3, -0.25) is 9.58 Å². The molecule has 3 aromatic rings. The Labute approximate surface area is 182 Å². The molecular formula is C23H26N4O3S. The number of fused-ring (bicyclic) bond motifs is 3. The van der Waals surface area contributed by atoms with Crippen LogP contribution in [0.1, 0.15) is 36.9 Å². The Balaban J connectivity index is 1.45. The first-order chi connectivity index (χ1) is 14.9. The fraction of sp³-hybridized carbons (Fsp3) is 0.391. The van der Waals surface area contributed by atoms with Crippen LogP contribution in [0.2, 0.25) is 0 Å². The van der Waals surface area contributed by atoms with Gasteiger partial charge in [0, 0.05) is 55.1 Å². The lowest BCUT2D eigenvalue weighted by molar-refractivity contribution is 0.325. The van der Waals surface area contributed by atoms with Crippen LogP contribution >= 0.6 is 0 Å². The summed E-state index contributed by atoms with van der Waals surface area (Å²) in [6, 6.07) is 9.73. The standard InChI is InChI=1S/C23H26N4O3S/c1-15(2)27-12-16(10-25-27)11-26-13-20-19-9-17(18-5-4-8-24-23(18)30-3)6-7-21(19)31(28,29)22(20)14-26/h4-10,12,15,20,22H,11,13-14H2,1-3H3/t20-,22-/m1/s1. The molecule has 2 atom stereocenters. The second-order valence-corrected chi connectivity index (χ2v) is 10.8. The average molecular weight is 439 g/mol. The van der Waals surface area contributed by atoms with Crippen molar-refractivity contribution in [3.8, 4) is 17.0 Å². The first-order valence-corrected chi connectivity index (χ1v) is 12.1. The number of hydrogen-bond acceptors (Lipinski definition) is 6. The highest BCUT2D eigenvalue weighted by Crippen LogP contribution is 2.46. The summed E-state index contributed by atoms with van der Waals surface area (Å²) in [4.78, 5) is 6.98. The lowest BCUT2D eigenvalue weighted by Gasteiger charge is -2.17. The van der Waals surface area contributed by atoms with Gasteiger partial charge in [-0.2, -0.15) is 5.10 Å². The summed E-state index contributed by atoms with van der Waals surface area (Å²) >= 11 is 0. The highest BCUT2D eigenvalue weighted by atomic mass is 32.2. The van der Waals surface area contributed by atoms with E-state index in [1.807, 2.05) is 41.3 Å². The van der Waals surface area contributed by atoms with Crippen LogP contribution in [0.15, 0.2) is 53.8 Å². The molecule has 2 aromatic heterocycles. The van der Waals surface area contributed by atoms with Crippen LogP contribution in [0.4, 0.5) is 0 Å². The maximum absolute atomic E-state index is 13.2. The molecule has 0 unspecified atom stereocenters. The minimum atomic E-state index is -3.34. The maximum Gasteiger partial charge on any atom is 0.221 e. The van der Waals surface area contributed by atoms with Crippen molar-refractivity contribution in [1.29, 1.82) is 0 Å². The second-order valence-electron chi connectivity index (χ2n) is 8.62. The van der Waals surface area contributed by atoms with Crippen LogP contribution in [0.3, 0.4) is 0 Å². The number of pyridine rings is 1. The Bertz CT molecular complexity index is 1240. The number of sulfone groups is 1. The van der Waals surface area contributed by atoms with Gasteiger partial charge in [0.2, 0.25) is 5.88 Å². The maximum atomic E-state index is 13.2. The van der Waals surface area contributed by atoms with Crippen molar-refractivity contribution in [2.45, 2.75) is 42.5 Å². The molecule has 1 aromatic carbocycles. The summed E-state index contributed by atoms with van der Waals surface area (Å²) in [6.45, 7) is 6.16. The Morgan fingerprint density at radius 1 is 1.23 bits per heavy atom. The first-order valence-electron chi connectivity index (χ1n) is 10.5. The number of benzene rings is 1. The van der Waals surface area contributed by atoms with Crippen molar-refractivity contribution >= 4 is 9.84 Å². The van der Waals surface area contributed by atoms with Crippen molar-refractivity contribution in [3.05, 3.63) is 60.0 Å². The van der Waals surface area contributed by atoms with E-state index in [1.165, 1.54) is 0 Å². The Kier molecular flexibility index (Phi) is 4.86. The summed E-state index contributed by atoms with van der Waals surface area (Å²) in [6.07, 6.45) is 5.61. The summed E-state index contributed by atoms with van der Waals surface area (Å²) < 4.78 is 33.8. The lowest BCUT2D eigenvalue weighted by Crippen LogP contribution is -2.25. The van der Waals surface area contributed by atoms with E-state index in [9.17, 15) is 8.42 Å². The monoisotopic (exact) mass is 438 g/mol. The van der Waals surface area contributed by atoms with Crippen LogP contribution in [0, 0.1) is 0 Å². The molecule has 31 heavy (non-hydrogen) atoms. The fourth-order valence-corrected chi connectivity index (χ4v) is 6.99. The molecule has 4 heterocycles. The quantitative estimate of drug-likeness (QED) is 0.608. The smallest absolute Gasteiger partial charge is 0.221 e. The lowest BCUT2D eigenvalue weighted by atomic mass is 9.95. The molecule has 0 bridgehead atoms. The van der Waals surface area contributed by atoms with Gasteiger partial charge in [-0.15, -0.1) is 0 Å². The third kappa shape index (κ3) is 3.34. The zero-order valence-electron chi connectivity index (χ0n) is 17.9. The summed E-state index contributed by atoms with van der Waals surface area (Å²) in [7, 11) is -1.75. The summed E-state index contributed by atoms with van der Waals surface area (Å²) in [5.41, 5.74) is 3.81. The number of aromatic nitrogens is 3. The van der Waals surface area contributed by atoms with E-state index < -0.39 is 15.1 Å². The van der Waals surface area contributed by atoms with E-state index in [-0.39, 0.29) is 5.92 Å². The topological polar surface area (TPSA) is 77.3 Å². The summed E-state index contributed by atoms with van der Waals surface area (Å²) in [5.74, 6) is 0.512. The van der Waals surface area contributed by atoms with Gasteiger partial charge in [0.05, 0.1) is 23.5 Å². The van der Waals surface area contributed by atoms with E-state index in [4.69, 9.17) is 4.74 Å². The SMILES string of the molecule is COc1ncccc1-c1ccc2c(c1)[C@H]1CN(Cc3cnn(C(C)C)c3)C[C@H]1S2(=O)=O. The van der Waals surface area contributed by atoms with Gasteiger partial charge in [0.1, 0.15) is 0 Å². The van der Waals surface area contributed by atoms with E-state index in [0.29, 0.717) is 29.9 Å².